The second-order valence-electron chi connectivity index (χ2n) is 3.86. The van der Waals surface area contributed by atoms with Crippen LogP contribution >= 0.6 is 12.2 Å². The molecule has 0 aliphatic carbocycles. The van der Waals surface area contributed by atoms with Crippen molar-refractivity contribution < 1.29 is 9.59 Å². The van der Waals surface area contributed by atoms with Gasteiger partial charge < -0.3 is 5.32 Å². The lowest BCUT2D eigenvalue weighted by Crippen LogP contribution is -2.63. The molecule has 1 atom stereocenters. The Morgan fingerprint density at radius 3 is 2.35 bits per heavy atom. The highest BCUT2D eigenvalue weighted by molar-refractivity contribution is 7.80. The molecule has 1 heterocycles. The van der Waals surface area contributed by atoms with E-state index in [1.807, 2.05) is 37.3 Å². The average Bonchev–Trinajstić information content (AvgIpc) is 2.30. The van der Waals surface area contributed by atoms with Crippen LogP contribution in [0.1, 0.15) is 18.9 Å². The van der Waals surface area contributed by atoms with Crippen LogP contribution in [0.25, 0.3) is 0 Å². The normalized spacial score (nSPS) is 24.2. The summed E-state index contributed by atoms with van der Waals surface area (Å²) >= 11 is 5.18. The van der Waals surface area contributed by atoms with E-state index in [0.717, 1.165) is 5.56 Å². The number of urea groups is 1. The first-order valence-electron chi connectivity index (χ1n) is 5.33. The first-order valence-corrected chi connectivity index (χ1v) is 5.74. The van der Waals surface area contributed by atoms with E-state index in [0.29, 0.717) is 6.42 Å². The number of thiocarbonyl (C=S) groups is 1. The molecule has 5 heteroatoms. The van der Waals surface area contributed by atoms with E-state index in [2.05, 4.69) is 10.6 Å². The largest absolute Gasteiger partial charge is 0.326 e. The Hall–Kier alpha value is -1.75. The summed E-state index contributed by atoms with van der Waals surface area (Å²) in [6.45, 7) is 1.87. The van der Waals surface area contributed by atoms with E-state index in [4.69, 9.17) is 12.2 Å². The van der Waals surface area contributed by atoms with Crippen molar-refractivity contribution in [1.82, 2.24) is 10.6 Å². The van der Waals surface area contributed by atoms with Crippen LogP contribution in [0.2, 0.25) is 0 Å². The summed E-state index contributed by atoms with van der Waals surface area (Å²) in [6.07, 6.45) is 0.502. The fourth-order valence-corrected chi connectivity index (χ4v) is 2.51. The Balaban J connectivity index is 2.54. The number of imide groups is 1. The Kier molecular flexibility index (Phi) is 2.93. The molecule has 2 rings (SSSR count). The Morgan fingerprint density at radius 1 is 1.18 bits per heavy atom. The second kappa shape index (κ2) is 4.25. The van der Waals surface area contributed by atoms with Crippen LogP contribution in [0.15, 0.2) is 30.3 Å². The minimum absolute atomic E-state index is 0.264. The van der Waals surface area contributed by atoms with Crippen molar-refractivity contribution in [3.63, 3.8) is 0 Å². The van der Waals surface area contributed by atoms with E-state index in [9.17, 15) is 9.59 Å². The smallest absolute Gasteiger partial charge is 0.301 e. The van der Waals surface area contributed by atoms with Gasteiger partial charge in [-0.3, -0.25) is 10.1 Å². The van der Waals surface area contributed by atoms with Crippen molar-refractivity contribution in [2.24, 2.45) is 0 Å². The van der Waals surface area contributed by atoms with Crippen molar-refractivity contribution in [3.8, 4) is 0 Å². The lowest BCUT2D eigenvalue weighted by atomic mass is 9.76. The van der Waals surface area contributed by atoms with Crippen LogP contribution in [0.3, 0.4) is 0 Å². The van der Waals surface area contributed by atoms with Gasteiger partial charge in [0.05, 0.1) is 0 Å². The summed E-state index contributed by atoms with van der Waals surface area (Å²) in [5, 5.41) is 4.78. The van der Waals surface area contributed by atoms with Crippen molar-refractivity contribution in [1.29, 1.82) is 0 Å². The minimum atomic E-state index is -0.940. The van der Waals surface area contributed by atoms with Crippen molar-refractivity contribution >= 4 is 29.1 Å². The number of carbonyl (C=O) groups is 2. The van der Waals surface area contributed by atoms with Gasteiger partial charge in [0.1, 0.15) is 10.4 Å². The molecule has 1 aromatic rings. The summed E-state index contributed by atoms with van der Waals surface area (Å²) in [4.78, 5) is 23.6. The standard InChI is InChI=1S/C12H12N2O2S/c1-2-12(8-6-4-3-5-7-8)9(15)13-11(16)14-10(12)17/h3-7H,2H2,1H3,(H2,13,14,15,16,17). The van der Waals surface area contributed by atoms with Crippen LogP contribution in [0.4, 0.5) is 4.79 Å². The highest BCUT2D eigenvalue weighted by Crippen LogP contribution is 2.31. The molecule has 2 N–H and O–H groups in total. The molecule has 3 amide bonds. The molecule has 4 nitrogen and oxygen atoms in total. The molecule has 88 valence electrons. The zero-order valence-corrected chi connectivity index (χ0v) is 10.1. The molecule has 0 saturated carbocycles. The number of nitrogens with one attached hydrogen (secondary N) is 2. The maximum atomic E-state index is 12.1. The topological polar surface area (TPSA) is 58.2 Å². The number of rotatable bonds is 2. The monoisotopic (exact) mass is 248 g/mol. The van der Waals surface area contributed by atoms with E-state index in [1.54, 1.807) is 0 Å². The Bertz CT molecular complexity index is 465. The highest BCUT2D eigenvalue weighted by Gasteiger charge is 2.47. The summed E-state index contributed by atoms with van der Waals surface area (Å²) in [5.41, 5.74) is -0.144. The molecule has 1 unspecified atom stereocenters. The SMILES string of the molecule is CCC1(c2ccccc2)C(=O)NC(=O)NC1=S. The number of amides is 3. The molecule has 1 saturated heterocycles. The van der Waals surface area contributed by atoms with Gasteiger partial charge in [0.25, 0.3) is 0 Å². The number of benzene rings is 1. The minimum Gasteiger partial charge on any atom is -0.301 e. The van der Waals surface area contributed by atoms with Crippen LogP contribution in [0, 0.1) is 0 Å². The van der Waals surface area contributed by atoms with Crippen molar-refractivity contribution in [3.05, 3.63) is 35.9 Å². The molecule has 1 aromatic carbocycles. The fourth-order valence-electron chi connectivity index (χ4n) is 2.06. The maximum Gasteiger partial charge on any atom is 0.326 e. The van der Waals surface area contributed by atoms with Gasteiger partial charge in [-0.1, -0.05) is 49.5 Å². The Labute approximate surface area is 104 Å². The third kappa shape index (κ3) is 1.72. The second-order valence-corrected chi connectivity index (χ2v) is 4.27. The predicted octanol–water partition coefficient (Wildman–Crippen LogP) is 1.50. The van der Waals surface area contributed by atoms with Crippen LogP contribution in [-0.2, 0) is 10.2 Å². The average molecular weight is 248 g/mol. The molecule has 0 spiro atoms. The first kappa shape index (κ1) is 11.7. The number of hydrogen-bond donors (Lipinski definition) is 2. The fraction of sp³-hybridized carbons (Fsp3) is 0.250. The Morgan fingerprint density at radius 2 is 1.82 bits per heavy atom. The summed E-state index contributed by atoms with van der Waals surface area (Å²) in [5.74, 6) is -0.361. The van der Waals surface area contributed by atoms with Gasteiger partial charge in [-0.15, -0.1) is 0 Å². The lowest BCUT2D eigenvalue weighted by Gasteiger charge is -2.35. The van der Waals surface area contributed by atoms with Gasteiger partial charge >= 0.3 is 6.03 Å². The molecule has 1 aliphatic rings. The molecule has 1 aliphatic heterocycles. The van der Waals surface area contributed by atoms with Gasteiger partial charge in [0.2, 0.25) is 5.91 Å². The molecule has 1 fully saturated rings. The summed E-state index contributed by atoms with van der Waals surface area (Å²) in [6, 6.07) is 8.69. The van der Waals surface area contributed by atoms with E-state index >= 15 is 0 Å². The zero-order chi connectivity index (χ0) is 12.5. The summed E-state index contributed by atoms with van der Waals surface area (Å²) in [7, 11) is 0. The number of hydrogen-bond acceptors (Lipinski definition) is 3. The molecular weight excluding hydrogens is 236 g/mol. The van der Waals surface area contributed by atoms with Crippen LogP contribution < -0.4 is 10.6 Å². The van der Waals surface area contributed by atoms with Gasteiger partial charge in [-0.25, -0.2) is 4.79 Å². The quantitative estimate of drug-likeness (QED) is 0.780. The van der Waals surface area contributed by atoms with Crippen LogP contribution in [-0.4, -0.2) is 16.9 Å². The van der Waals surface area contributed by atoms with Gasteiger partial charge in [-0.2, -0.15) is 0 Å². The molecule has 0 radical (unpaired) electrons. The highest BCUT2D eigenvalue weighted by atomic mass is 32.1. The van der Waals surface area contributed by atoms with E-state index < -0.39 is 11.4 Å². The molecule has 0 bridgehead atoms. The van der Waals surface area contributed by atoms with Gasteiger partial charge in [0.15, 0.2) is 0 Å². The first-order chi connectivity index (χ1) is 8.11. The molecular formula is C12H12N2O2S. The van der Waals surface area contributed by atoms with E-state index in [-0.39, 0.29) is 10.9 Å². The maximum absolute atomic E-state index is 12.1. The lowest BCUT2D eigenvalue weighted by molar-refractivity contribution is -0.123. The molecule has 0 aromatic heterocycles. The van der Waals surface area contributed by atoms with E-state index in [1.165, 1.54) is 0 Å². The summed E-state index contributed by atoms with van der Waals surface area (Å²) < 4.78 is 0. The third-order valence-corrected chi connectivity index (χ3v) is 3.48. The number of carbonyl (C=O) groups excluding carboxylic acids is 2. The predicted molar refractivity (Wildman–Crippen MR) is 67.7 cm³/mol. The zero-order valence-electron chi connectivity index (χ0n) is 9.32. The van der Waals surface area contributed by atoms with Gasteiger partial charge in [-0.05, 0) is 12.0 Å². The van der Waals surface area contributed by atoms with Crippen molar-refractivity contribution in [2.75, 3.05) is 0 Å². The third-order valence-electron chi connectivity index (χ3n) is 3.03. The molecule has 17 heavy (non-hydrogen) atoms. The van der Waals surface area contributed by atoms with Crippen molar-refractivity contribution in [2.45, 2.75) is 18.8 Å². The van der Waals surface area contributed by atoms with Crippen LogP contribution in [0.5, 0.6) is 0 Å². The van der Waals surface area contributed by atoms with Gasteiger partial charge in [0, 0.05) is 0 Å².